The van der Waals surface area contributed by atoms with Crippen molar-refractivity contribution in [3.05, 3.63) is 181 Å². The molecule has 12 rings (SSSR count). The molecule has 0 N–H and O–H groups in total. The van der Waals surface area contributed by atoms with Crippen LogP contribution in [0, 0.1) is 0 Å². The molecule has 2 unspecified atom stereocenters. The summed E-state index contributed by atoms with van der Waals surface area (Å²) in [6.07, 6.45) is 4.51. The second-order valence-electron chi connectivity index (χ2n) is 14.4. The van der Waals surface area contributed by atoms with Gasteiger partial charge in [0, 0.05) is 44.4 Å². The first kappa shape index (κ1) is 28.9. The molecule has 1 aliphatic carbocycles. The number of nitrogens with zero attached hydrogens (tertiary/aromatic N) is 2. The van der Waals surface area contributed by atoms with Crippen LogP contribution in [0.4, 0.5) is 0 Å². The van der Waals surface area contributed by atoms with Crippen LogP contribution in [0.1, 0.15) is 17.4 Å². The van der Waals surface area contributed by atoms with Crippen molar-refractivity contribution in [2.45, 2.75) is 11.9 Å². The Labute approximate surface area is 306 Å². The van der Waals surface area contributed by atoms with Gasteiger partial charge in [-0.2, -0.15) is 0 Å². The number of hydrogen-bond acceptors (Lipinski definition) is 2. The molecule has 2 aromatic heterocycles. The SMILES string of the molecule is C1=CC2B3c4ccccc4Oc4cc(-c5ccc(-n6c7ccccc7c7ccccc76)cc5)cc(c43)OC2c2c1c1ccccc1n2-c1ccccc1. The van der Waals surface area contributed by atoms with Gasteiger partial charge in [-0.3, -0.25) is 0 Å². The molecule has 2 atom stereocenters. The molecule has 248 valence electrons. The highest BCUT2D eigenvalue weighted by atomic mass is 16.5. The third-order valence-electron chi connectivity index (χ3n) is 11.6. The molecule has 0 bridgehead atoms. The summed E-state index contributed by atoms with van der Waals surface area (Å²) in [5, 5.41) is 3.76. The number of fused-ring (bicyclic) bond motifs is 11. The molecule has 0 saturated carbocycles. The Kier molecular flexibility index (Phi) is 5.95. The first-order valence-electron chi connectivity index (χ1n) is 18.4. The molecule has 0 saturated heterocycles. The van der Waals surface area contributed by atoms with Crippen LogP contribution < -0.4 is 20.4 Å². The number of aromatic nitrogens is 2. The third kappa shape index (κ3) is 4.08. The third-order valence-corrected chi connectivity index (χ3v) is 11.6. The molecule has 0 radical (unpaired) electrons. The highest BCUT2D eigenvalue weighted by Gasteiger charge is 2.49. The topological polar surface area (TPSA) is 28.3 Å². The number of rotatable bonds is 3. The molecule has 5 heteroatoms. The van der Waals surface area contributed by atoms with Crippen molar-refractivity contribution in [1.29, 1.82) is 0 Å². The van der Waals surface area contributed by atoms with E-state index in [1.54, 1.807) is 0 Å². The van der Waals surface area contributed by atoms with Crippen LogP contribution in [0.15, 0.2) is 170 Å². The minimum atomic E-state index is -0.202. The first-order valence-corrected chi connectivity index (χ1v) is 18.4. The lowest BCUT2D eigenvalue weighted by Gasteiger charge is -2.42. The van der Waals surface area contributed by atoms with Crippen LogP contribution in [0.5, 0.6) is 17.2 Å². The van der Waals surface area contributed by atoms with E-state index in [2.05, 4.69) is 185 Å². The van der Waals surface area contributed by atoms with E-state index in [0.717, 1.165) is 45.2 Å². The van der Waals surface area contributed by atoms with Crippen molar-refractivity contribution in [2.75, 3.05) is 0 Å². The molecular formula is C48H31BN2O2. The smallest absolute Gasteiger partial charge is 0.234 e. The van der Waals surface area contributed by atoms with Crippen LogP contribution in [-0.4, -0.2) is 15.8 Å². The van der Waals surface area contributed by atoms with Gasteiger partial charge in [0.1, 0.15) is 23.4 Å². The van der Waals surface area contributed by atoms with Gasteiger partial charge in [0.25, 0.3) is 0 Å². The van der Waals surface area contributed by atoms with Crippen LogP contribution in [0.2, 0.25) is 5.82 Å². The van der Waals surface area contributed by atoms with Gasteiger partial charge < -0.3 is 18.6 Å². The summed E-state index contributed by atoms with van der Waals surface area (Å²) in [6, 6.07) is 58.6. The van der Waals surface area contributed by atoms with E-state index in [9.17, 15) is 0 Å². The Bertz CT molecular complexity index is 2920. The predicted octanol–water partition coefficient (Wildman–Crippen LogP) is 10.6. The number of para-hydroxylation sites is 5. The van der Waals surface area contributed by atoms with Crippen molar-refractivity contribution >= 4 is 56.4 Å². The van der Waals surface area contributed by atoms with Crippen molar-refractivity contribution in [2.24, 2.45) is 0 Å². The summed E-state index contributed by atoms with van der Waals surface area (Å²) in [5.74, 6) is 2.75. The van der Waals surface area contributed by atoms with E-state index in [-0.39, 0.29) is 18.6 Å². The Balaban J connectivity index is 1.03. The molecule has 53 heavy (non-hydrogen) atoms. The highest BCUT2D eigenvalue weighted by molar-refractivity contribution is 6.89. The molecule has 9 aromatic rings. The largest absolute Gasteiger partial charge is 0.485 e. The normalized spacial score (nSPS) is 16.5. The zero-order valence-electron chi connectivity index (χ0n) is 28.7. The Morgan fingerprint density at radius 3 is 1.85 bits per heavy atom. The highest BCUT2D eigenvalue weighted by Crippen LogP contribution is 2.51. The zero-order chi connectivity index (χ0) is 34.6. The first-order chi connectivity index (χ1) is 26.3. The lowest BCUT2D eigenvalue weighted by atomic mass is 9.30. The van der Waals surface area contributed by atoms with Gasteiger partial charge in [0.05, 0.1) is 22.2 Å². The predicted molar refractivity (Wildman–Crippen MR) is 217 cm³/mol. The van der Waals surface area contributed by atoms with Crippen LogP contribution in [0.3, 0.4) is 0 Å². The minimum Gasteiger partial charge on any atom is -0.485 e. The second kappa shape index (κ2) is 10.9. The molecule has 7 aromatic carbocycles. The minimum absolute atomic E-state index is 0.0851. The van der Waals surface area contributed by atoms with Crippen molar-refractivity contribution in [1.82, 2.24) is 9.13 Å². The van der Waals surface area contributed by atoms with Gasteiger partial charge in [-0.15, -0.1) is 0 Å². The van der Waals surface area contributed by atoms with Crippen molar-refractivity contribution in [3.8, 4) is 39.8 Å². The Hall–Kier alpha value is -6.72. The van der Waals surface area contributed by atoms with Crippen molar-refractivity contribution in [3.63, 3.8) is 0 Å². The van der Waals surface area contributed by atoms with E-state index < -0.39 is 0 Å². The van der Waals surface area contributed by atoms with Gasteiger partial charge in [-0.05, 0) is 77.3 Å². The number of ether oxygens (including phenoxy) is 2. The van der Waals surface area contributed by atoms with Gasteiger partial charge in [0.2, 0.25) is 6.71 Å². The average molecular weight is 679 g/mol. The summed E-state index contributed by atoms with van der Waals surface area (Å²) < 4.78 is 18.8. The average Bonchev–Trinajstić information content (AvgIpc) is 3.74. The van der Waals surface area contributed by atoms with E-state index in [0.29, 0.717) is 0 Å². The zero-order valence-corrected chi connectivity index (χ0v) is 28.7. The summed E-state index contributed by atoms with van der Waals surface area (Å²) in [7, 11) is 0. The van der Waals surface area contributed by atoms with Gasteiger partial charge in [-0.1, -0.05) is 115 Å². The summed E-state index contributed by atoms with van der Waals surface area (Å²) in [4.78, 5) is 0. The van der Waals surface area contributed by atoms with Crippen LogP contribution in [0.25, 0.3) is 61.3 Å². The number of benzene rings is 7. The van der Waals surface area contributed by atoms with E-state index in [1.807, 2.05) is 0 Å². The molecule has 0 fully saturated rings. The fourth-order valence-electron chi connectivity index (χ4n) is 9.41. The standard InChI is InChI=1S/C48H31BN2O2/c1-2-12-32(13-3-1)51-42-20-10-6-16-36(42)37-26-27-39-48(47(37)51)53-45-29-31(28-44-46(45)49(39)38-17-7-11-21-43(38)52-44)30-22-24-33(25-23-30)50-40-18-8-4-14-34(40)35-15-5-9-19-41(35)50/h1-29,39,48H. The van der Waals surface area contributed by atoms with Crippen LogP contribution in [-0.2, 0) is 0 Å². The molecule has 0 amide bonds. The Morgan fingerprint density at radius 2 is 1.09 bits per heavy atom. The lowest BCUT2D eigenvalue weighted by molar-refractivity contribution is 0.196. The molecule has 2 aliphatic heterocycles. The Morgan fingerprint density at radius 1 is 0.491 bits per heavy atom. The van der Waals surface area contributed by atoms with E-state index in [1.165, 1.54) is 49.4 Å². The monoisotopic (exact) mass is 678 g/mol. The van der Waals surface area contributed by atoms with E-state index in [4.69, 9.17) is 9.47 Å². The van der Waals surface area contributed by atoms with Crippen molar-refractivity contribution < 1.29 is 9.47 Å². The molecule has 0 spiro atoms. The maximum atomic E-state index is 7.30. The van der Waals surface area contributed by atoms with Gasteiger partial charge >= 0.3 is 0 Å². The molecule has 4 nitrogen and oxygen atoms in total. The maximum absolute atomic E-state index is 7.30. The summed E-state index contributed by atoms with van der Waals surface area (Å²) in [6.45, 7) is 0.0852. The molecule has 4 heterocycles. The van der Waals surface area contributed by atoms with Crippen LogP contribution >= 0.6 is 0 Å². The summed E-state index contributed by atoms with van der Waals surface area (Å²) >= 11 is 0. The maximum Gasteiger partial charge on any atom is 0.234 e. The van der Waals surface area contributed by atoms with Gasteiger partial charge in [-0.25, -0.2) is 0 Å². The van der Waals surface area contributed by atoms with Gasteiger partial charge in [0.15, 0.2) is 0 Å². The summed E-state index contributed by atoms with van der Waals surface area (Å²) in [5.41, 5.74) is 12.8. The second-order valence-corrected chi connectivity index (χ2v) is 14.4. The van der Waals surface area contributed by atoms with E-state index >= 15 is 0 Å². The fourth-order valence-corrected chi connectivity index (χ4v) is 9.41. The molecular weight excluding hydrogens is 647 g/mol. The quantitative estimate of drug-likeness (QED) is 0.174. The fraction of sp³-hybridized carbons (Fsp3) is 0.0417. The lowest BCUT2D eigenvalue weighted by Crippen LogP contribution is -2.55. The number of hydrogen-bond donors (Lipinski definition) is 0. The molecule has 3 aliphatic rings.